The molecule has 1 N–H and O–H groups in total. The second-order valence-electron chi connectivity index (χ2n) is 2.48. The van der Waals surface area contributed by atoms with Crippen molar-refractivity contribution in [1.82, 2.24) is 4.98 Å². The number of halogens is 1. The highest BCUT2D eigenvalue weighted by Crippen LogP contribution is 2.18. The summed E-state index contributed by atoms with van der Waals surface area (Å²) in [5.74, 6) is 0. The lowest BCUT2D eigenvalue weighted by atomic mass is 10.4. The monoisotopic (exact) mass is 200 g/mol. The average Bonchev–Trinajstić information content (AvgIpc) is 2.15. The zero-order chi connectivity index (χ0) is 9.52. The Morgan fingerprint density at radius 1 is 1.62 bits per heavy atom. The van der Waals surface area contributed by atoms with Gasteiger partial charge in [-0.1, -0.05) is 11.6 Å². The van der Waals surface area contributed by atoms with Gasteiger partial charge in [0.1, 0.15) is 0 Å². The molecule has 0 saturated heterocycles. The van der Waals surface area contributed by atoms with E-state index in [0.717, 1.165) is 18.8 Å². The van der Waals surface area contributed by atoms with Gasteiger partial charge in [-0.15, -0.1) is 0 Å². The van der Waals surface area contributed by atoms with Crippen LogP contribution in [0.25, 0.3) is 0 Å². The third-order valence-corrected chi connectivity index (χ3v) is 1.84. The normalized spacial score (nSPS) is 10.0. The minimum absolute atomic E-state index is 0.638. The van der Waals surface area contributed by atoms with E-state index in [0.29, 0.717) is 11.6 Å². The quantitative estimate of drug-likeness (QED) is 0.740. The fourth-order valence-corrected chi connectivity index (χ4v) is 1.11. The molecule has 0 radical (unpaired) electrons. The van der Waals surface area contributed by atoms with Crippen molar-refractivity contribution in [2.75, 3.05) is 25.1 Å². The summed E-state index contributed by atoms with van der Waals surface area (Å²) in [5.41, 5.74) is 0.899. The van der Waals surface area contributed by atoms with Gasteiger partial charge in [0, 0.05) is 25.5 Å². The Kier molecular flexibility index (Phi) is 4.57. The molecular weight excluding hydrogens is 188 g/mol. The molecule has 1 aromatic heterocycles. The molecule has 72 valence electrons. The Morgan fingerprint density at radius 3 is 3.15 bits per heavy atom. The van der Waals surface area contributed by atoms with Crippen LogP contribution in [-0.4, -0.2) is 24.7 Å². The number of hydrogen-bond donors (Lipinski definition) is 1. The van der Waals surface area contributed by atoms with E-state index in [1.54, 1.807) is 12.4 Å². The van der Waals surface area contributed by atoms with E-state index in [1.165, 1.54) is 0 Å². The lowest BCUT2D eigenvalue weighted by Gasteiger charge is -2.06. The minimum Gasteiger partial charge on any atom is -0.381 e. The number of aromatic nitrogens is 1. The van der Waals surface area contributed by atoms with E-state index in [4.69, 9.17) is 16.3 Å². The number of ether oxygens (including phenoxy) is 1. The number of rotatable bonds is 5. The third kappa shape index (κ3) is 3.61. The molecule has 0 aliphatic carbocycles. The van der Waals surface area contributed by atoms with Crippen LogP contribution in [0.15, 0.2) is 18.5 Å². The largest absolute Gasteiger partial charge is 0.381 e. The van der Waals surface area contributed by atoms with Crippen LogP contribution >= 0.6 is 11.6 Å². The molecule has 0 unspecified atom stereocenters. The molecule has 13 heavy (non-hydrogen) atoms. The maximum absolute atomic E-state index is 5.87. The summed E-state index contributed by atoms with van der Waals surface area (Å²) in [5, 5.41) is 3.79. The van der Waals surface area contributed by atoms with Crippen LogP contribution in [0, 0.1) is 0 Å². The Morgan fingerprint density at radius 2 is 2.46 bits per heavy atom. The van der Waals surface area contributed by atoms with E-state index >= 15 is 0 Å². The Labute approximate surface area is 83.1 Å². The van der Waals surface area contributed by atoms with Crippen LogP contribution in [0.1, 0.15) is 6.92 Å². The fourth-order valence-electron chi connectivity index (χ4n) is 0.921. The van der Waals surface area contributed by atoms with E-state index in [9.17, 15) is 0 Å². The SMILES string of the molecule is CCOCCNc1ccncc1Cl. The van der Waals surface area contributed by atoms with Crippen molar-refractivity contribution in [2.45, 2.75) is 6.92 Å². The predicted molar refractivity (Wildman–Crippen MR) is 54.2 cm³/mol. The number of nitrogens with zero attached hydrogens (tertiary/aromatic N) is 1. The summed E-state index contributed by atoms with van der Waals surface area (Å²) >= 11 is 5.87. The Hall–Kier alpha value is -0.800. The minimum atomic E-state index is 0.638. The third-order valence-electron chi connectivity index (χ3n) is 1.54. The smallest absolute Gasteiger partial charge is 0.0820 e. The first-order chi connectivity index (χ1) is 6.34. The van der Waals surface area contributed by atoms with E-state index in [1.807, 2.05) is 13.0 Å². The molecule has 0 bridgehead atoms. The van der Waals surface area contributed by atoms with Crippen molar-refractivity contribution in [3.63, 3.8) is 0 Å². The van der Waals surface area contributed by atoms with Gasteiger partial charge in [-0.05, 0) is 13.0 Å². The van der Waals surface area contributed by atoms with Gasteiger partial charge in [-0.25, -0.2) is 0 Å². The number of hydrogen-bond acceptors (Lipinski definition) is 3. The van der Waals surface area contributed by atoms with Crippen LogP contribution in [0.2, 0.25) is 5.02 Å². The molecule has 0 fully saturated rings. The van der Waals surface area contributed by atoms with Crippen LogP contribution in [0.4, 0.5) is 5.69 Å². The molecule has 0 spiro atoms. The summed E-state index contributed by atoms with van der Waals surface area (Å²) in [7, 11) is 0. The second-order valence-corrected chi connectivity index (χ2v) is 2.89. The van der Waals surface area contributed by atoms with Crippen molar-refractivity contribution in [3.8, 4) is 0 Å². The molecular formula is C9H13ClN2O. The average molecular weight is 201 g/mol. The van der Waals surface area contributed by atoms with Crippen LogP contribution in [-0.2, 0) is 4.74 Å². The summed E-state index contributed by atoms with van der Waals surface area (Å²) in [4.78, 5) is 3.89. The second kappa shape index (κ2) is 5.78. The van der Waals surface area contributed by atoms with E-state index in [-0.39, 0.29) is 0 Å². The first-order valence-electron chi connectivity index (χ1n) is 4.25. The van der Waals surface area contributed by atoms with Crippen molar-refractivity contribution in [1.29, 1.82) is 0 Å². The molecule has 1 heterocycles. The van der Waals surface area contributed by atoms with Crippen molar-refractivity contribution in [2.24, 2.45) is 0 Å². The van der Waals surface area contributed by atoms with Crippen molar-refractivity contribution >= 4 is 17.3 Å². The summed E-state index contributed by atoms with van der Waals surface area (Å²) in [6.07, 6.45) is 3.32. The molecule has 0 amide bonds. The van der Waals surface area contributed by atoms with Crippen LogP contribution in [0.5, 0.6) is 0 Å². The van der Waals surface area contributed by atoms with Crippen LogP contribution < -0.4 is 5.32 Å². The highest BCUT2D eigenvalue weighted by atomic mass is 35.5. The van der Waals surface area contributed by atoms with Gasteiger partial charge in [0.2, 0.25) is 0 Å². The summed E-state index contributed by atoms with van der Waals surface area (Å²) < 4.78 is 5.17. The van der Waals surface area contributed by atoms with Gasteiger partial charge in [0.25, 0.3) is 0 Å². The lowest BCUT2D eigenvalue weighted by molar-refractivity contribution is 0.158. The van der Waals surface area contributed by atoms with Gasteiger partial charge in [-0.2, -0.15) is 0 Å². The Bertz CT molecular complexity index is 255. The maximum Gasteiger partial charge on any atom is 0.0820 e. The van der Waals surface area contributed by atoms with Gasteiger partial charge in [0.05, 0.1) is 17.3 Å². The van der Waals surface area contributed by atoms with Gasteiger partial charge in [0.15, 0.2) is 0 Å². The van der Waals surface area contributed by atoms with Crippen LogP contribution in [0.3, 0.4) is 0 Å². The van der Waals surface area contributed by atoms with E-state index in [2.05, 4.69) is 10.3 Å². The van der Waals surface area contributed by atoms with E-state index < -0.39 is 0 Å². The van der Waals surface area contributed by atoms with Crippen molar-refractivity contribution < 1.29 is 4.74 Å². The summed E-state index contributed by atoms with van der Waals surface area (Å²) in [6.45, 7) is 4.16. The highest BCUT2D eigenvalue weighted by Gasteiger charge is 1.96. The zero-order valence-corrected chi connectivity index (χ0v) is 8.34. The molecule has 4 heteroatoms. The predicted octanol–water partition coefficient (Wildman–Crippen LogP) is 2.18. The molecule has 1 rings (SSSR count). The lowest BCUT2D eigenvalue weighted by Crippen LogP contribution is -2.09. The van der Waals surface area contributed by atoms with Gasteiger partial charge < -0.3 is 10.1 Å². The first-order valence-corrected chi connectivity index (χ1v) is 4.63. The first kappa shape index (κ1) is 10.3. The van der Waals surface area contributed by atoms with Gasteiger partial charge >= 0.3 is 0 Å². The van der Waals surface area contributed by atoms with Gasteiger partial charge in [-0.3, -0.25) is 4.98 Å². The topological polar surface area (TPSA) is 34.1 Å². The maximum atomic E-state index is 5.87. The van der Waals surface area contributed by atoms with Crippen molar-refractivity contribution in [3.05, 3.63) is 23.5 Å². The molecule has 3 nitrogen and oxygen atoms in total. The number of pyridine rings is 1. The molecule has 0 aliphatic heterocycles. The molecule has 1 aromatic rings. The molecule has 0 saturated carbocycles. The zero-order valence-electron chi connectivity index (χ0n) is 7.59. The molecule has 0 aromatic carbocycles. The Balaban J connectivity index is 2.32. The molecule has 0 aliphatic rings. The number of nitrogens with one attached hydrogen (secondary N) is 1. The molecule has 0 atom stereocenters. The number of anilines is 1. The highest BCUT2D eigenvalue weighted by molar-refractivity contribution is 6.33. The summed E-state index contributed by atoms with van der Waals surface area (Å²) in [6, 6.07) is 1.84. The fraction of sp³-hybridized carbons (Fsp3) is 0.444. The standard InChI is InChI=1S/C9H13ClN2O/c1-2-13-6-5-12-9-3-4-11-7-8(9)10/h3-4,7H,2,5-6H2,1H3,(H,11,12).